The average Bonchev–Trinajstić information content (AvgIpc) is 3.05. The molecule has 0 bridgehead atoms. The maximum Gasteiger partial charge on any atom is 0.170 e. The number of carbonyl (C=O) groups is 1. The van der Waals surface area contributed by atoms with Crippen LogP contribution in [0.4, 0.5) is 0 Å². The van der Waals surface area contributed by atoms with E-state index < -0.39 is 0 Å². The largest absolute Gasteiger partial charge is 0.347 e. The molecule has 1 aliphatic carbocycles. The third kappa shape index (κ3) is 2.12. The highest BCUT2D eigenvalue weighted by molar-refractivity contribution is 6.11. The van der Waals surface area contributed by atoms with Gasteiger partial charge in [0, 0.05) is 54.1 Å². The molecule has 23 heavy (non-hydrogen) atoms. The zero-order valence-corrected chi connectivity index (χ0v) is 13.8. The molecular formula is C19H21N3O. The lowest BCUT2D eigenvalue weighted by Crippen LogP contribution is -2.27. The summed E-state index contributed by atoms with van der Waals surface area (Å²) in [6.07, 6.45) is 5.64. The molecule has 0 N–H and O–H groups in total. The van der Waals surface area contributed by atoms with E-state index in [4.69, 9.17) is 0 Å². The molecule has 4 heteroatoms. The molecule has 0 aliphatic heterocycles. The fourth-order valence-corrected chi connectivity index (χ4v) is 3.83. The molecule has 0 amide bonds. The Kier molecular flexibility index (Phi) is 3.15. The molecule has 1 aliphatic rings. The molecule has 0 saturated heterocycles. The van der Waals surface area contributed by atoms with Crippen molar-refractivity contribution in [3.8, 4) is 0 Å². The van der Waals surface area contributed by atoms with Gasteiger partial charge in [-0.2, -0.15) is 0 Å². The highest BCUT2D eigenvalue weighted by Crippen LogP contribution is 2.34. The number of hydrogen-bond donors (Lipinski definition) is 0. The number of rotatable bonds is 2. The molecule has 0 radical (unpaired) electrons. The second-order valence-corrected chi connectivity index (χ2v) is 6.63. The monoisotopic (exact) mass is 307 g/mol. The van der Waals surface area contributed by atoms with Crippen molar-refractivity contribution in [3.63, 3.8) is 0 Å². The van der Waals surface area contributed by atoms with Gasteiger partial charge in [0.05, 0.1) is 0 Å². The van der Waals surface area contributed by atoms with Gasteiger partial charge in [0.1, 0.15) is 5.82 Å². The zero-order valence-electron chi connectivity index (χ0n) is 13.8. The lowest BCUT2D eigenvalue weighted by Gasteiger charge is -2.23. The molecule has 0 fully saturated rings. The average molecular weight is 307 g/mol. The number of aromatic nitrogens is 3. The van der Waals surface area contributed by atoms with E-state index in [9.17, 15) is 4.79 Å². The summed E-state index contributed by atoms with van der Waals surface area (Å²) >= 11 is 0. The minimum absolute atomic E-state index is 0.0431. The van der Waals surface area contributed by atoms with Crippen LogP contribution in [0.15, 0.2) is 30.6 Å². The van der Waals surface area contributed by atoms with Crippen LogP contribution in [0.1, 0.15) is 33.9 Å². The second-order valence-electron chi connectivity index (χ2n) is 6.63. The van der Waals surface area contributed by atoms with E-state index in [0.717, 1.165) is 41.7 Å². The number of ketones is 1. The standard InChI is InChI=1S/C19H21N3O/c1-12-4-6-16-15(10-12)18-17(21(16)3)7-5-14(19(18)23)11-22-9-8-20-13(22)2/h4,6,8-10,14H,5,7,11H2,1-3H3. The Morgan fingerprint density at radius 2 is 2.13 bits per heavy atom. The lowest BCUT2D eigenvalue weighted by atomic mass is 9.84. The van der Waals surface area contributed by atoms with E-state index in [1.807, 2.05) is 13.1 Å². The van der Waals surface area contributed by atoms with Crippen molar-refractivity contribution in [2.75, 3.05) is 0 Å². The van der Waals surface area contributed by atoms with E-state index in [1.165, 1.54) is 11.3 Å². The first-order valence-corrected chi connectivity index (χ1v) is 8.16. The third-order valence-corrected chi connectivity index (χ3v) is 5.16. The van der Waals surface area contributed by atoms with Gasteiger partial charge in [-0.25, -0.2) is 4.98 Å². The topological polar surface area (TPSA) is 39.8 Å². The highest BCUT2D eigenvalue weighted by atomic mass is 16.1. The maximum absolute atomic E-state index is 13.1. The minimum atomic E-state index is 0.0431. The molecule has 2 heterocycles. The summed E-state index contributed by atoms with van der Waals surface area (Å²) in [6.45, 7) is 4.80. The fraction of sp³-hybridized carbons (Fsp3) is 0.368. The molecule has 4 nitrogen and oxygen atoms in total. The van der Waals surface area contributed by atoms with Crippen LogP contribution in [0.25, 0.3) is 10.9 Å². The number of aryl methyl sites for hydroxylation is 3. The molecule has 1 unspecified atom stereocenters. The first-order valence-electron chi connectivity index (χ1n) is 8.16. The molecule has 0 saturated carbocycles. The molecule has 0 spiro atoms. The Labute approximate surface area is 135 Å². The number of benzene rings is 1. The van der Waals surface area contributed by atoms with Crippen molar-refractivity contribution < 1.29 is 4.79 Å². The van der Waals surface area contributed by atoms with Crippen LogP contribution in [-0.4, -0.2) is 19.9 Å². The fourth-order valence-electron chi connectivity index (χ4n) is 3.83. The van der Waals surface area contributed by atoms with E-state index in [-0.39, 0.29) is 11.7 Å². The molecule has 1 atom stereocenters. The lowest BCUT2D eigenvalue weighted by molar-refractivity contribution is 0.0888. The zero-order chi connectivity index (χ0) is 16.1. The predicted octanol–water partition coefficient (Wildman–Crippen LogP) is 3.44. The Morgan fingerprint density at radius 3 is 2.87 bits per heavy atom. The quantitative estimate of drug-likeness (QED) is 0.727. The Morgan fingerprint density at radius 1 is 1.30 bits per heavy atom. The number of hydrogen-bond acceptors (Lipinski definition) is 2. The number of Topliss-reactive ketones (excluding diaryl/α,β-unsaturated/α-hetero) is 1. The van der Waals surface area contributed by atoms with Crippen LogP contribution in [0.5, 0.6) is 0 Å². The van der Waals surface area contributed by atoms with Gasteiger partial charge in [0.25, 0.3) is 0 Å². The molecule has 118 valence electrons. The summed E-state index contributed by atoms with van der Waals surface area (Å²) in [7, 11) is 2.07. The van der Waals surface area contributed by atoms with Crippen molar-refractivity contribution in [2.45, 2.75) is 33.2 Å². The first-order chi connectivity index (χ1) is 11.1. The van der Waals surface area contributed by atoms with Crippen molar-refractivity contribution in [1.29, 1.82) is 0 Å². The van der Waals surface area contributed by atoms with E-state index in [2.05, 4.69) is 46.3 Å². The van der Waals surface area contributed by atoms with Crippen LogP contribution < -0.4 is 0 Å². The van der Waals surface area contributed by atoms with Gasteiger partial charge in [0.2, 0.25) is 0 Å². The van der Waals surface area contributed by atoms with Crippen LogP contribution in [0.2, 0.25) is 0 Å². The first kappa shape index (κ1) is 14.2. The Hall–Kier alpha value is -2.36. The van der Waals surface area contributed by atoms with E-state index in [1.54, 1.807) is 6.20 Å². The SMILES string of the molecule is Cc1ccc2c(c1)c1c(n2C)CCC(Cn2ccnc2C)C1=O. The summed E-state index contributed by atoms with van der Waals surface area (Å²) in [6, 6.07) is 6.40. The minimum Gasteiger partial charge on any atom is -0.347 e. The van der Waals surface area contributed by atoms with Crippen molar-refractivity contribution >= 4 is 16.7 Å². The number of fused-ring (bicyclic) bond motifs is 3. The van der Waals surface area contributed by atoms with E-state index >= 15 is 0 Å². The molecular weight excluding hydrogens is 286 g/mol. The normalized spacial score (nSPS) is 17.7. The molecule has 4 rings (SSSR count). The van der Waals surface area contributed by atoms with E-state index in [0.29, 0.717) is 0 Å². The van der Waals surface area contributed by atoms with Crippen molar-refractivity contribution in [1.82, 2.24) is 14.1 Å². The van der Waals surface area contributed by atoms with Gasteiger partial charge in [0.15, 0.2) is 5.78 Å². The van der Waals surface area contributed by atoms with Crippen LogP contribution in [0, 0.1) is 19.8 Å². The molecule has 2 aromatic heterocycles. The van der Waals surface area contributed by atoms with Gasteiger partial charge >= 0.3 is 0 Å². The summed E-state index contributed by atoms with van der Waals surface area (Å²) in [5.41, 5.74) is 4.49. The number of imidazole rings is 1. The van der Waals surface area contributed by atoms with Crippen LogP contribution in [-0.2, 0) is 20.0 Å². The summed E-state index contributed by atoms with van der Waals surface area (Å²) in [4.78, 5) is 17.4. The second kappa shape index (κ2) is 5.08. The van der Waals surface area contributed by atoms with Crippen LogP contribution >= 0.6 is 0 Å². The predicted molar refractivity (Wildman–Crippen MR) is 90.8 cm³/mol. The van der Waals surface area contributed by atoms with Gasteiger partial charge in [-0.1, -0.05) is 11.6 Å². The number of nitrogens with zero attached hydrogens (tertiary/aromatic N) is 3. The van der Waals surface area contributed by atoms with Crippen molar-refractivity contribution in [3.05, 3.63) is 53.2 Å². The maximum atomic E-state index is 13.1. The van der Waals surface area contributed by atoms with Gasteiger partial charge in [-0.05, 0) is 38.8 Å². The summed E-state index contributed by atoms with van der Waals surface area (Å²) in [5, 5.41) is 1.11. The molecule has 1 aromatic carbocycles. The van der Waals surface area contributed by atoms with Crippen LogP contribution in [0.3, 0.4) is 0 Å². The third-order valence-electron chi connectivity index (χ3n) is 5.16. The number of carbonyl (C=O) groups excluding carboxylic acids is 1. The Balaban J connectivity index is 1.79. The van der Waals surface area contributed by atoms with Gasteiger partial charge in [-0.3, -0.25) is 4.79 Å². The summed E-state index contributed by atoms with van der Waals surface area (Å²) in [5.74, 6) is 1.30. The molecule has 3 aromatic rings. The smallest absolute Gasteiger partial charge is 0.170 e. The summed E-state index contributed by atoms with van der Waals surface area (Å²) < 4.78 is 4.28. The van der Waals surface area contributed by atoms with Crippen molar-refractivity contribution in [2.24, 2.45) is 13.0 Å². The van der Waals surface area contributed by atoms with Gasteiger partial charge < -0.3 is 9.13 Å². The Bertz CT molecular complexity index is 916. The van der Waals surface area contributed by atoms with Gasteiger partial charge in [-0.15, -0.1) is 0 Å². The highest BCUT2D eigenvalue weighted by Gasteiger charge is 2.32.